The van der Waals surface area contributed by atoms with Crippen LogP contribution >= 0.6 is 11.6 Å². The number of hydrogen-bond acceptors (Lipinski definition) is 2. The van der Waals surface area contributed by atoms with Gasteiger partial charge < -0.3 is 5.32 Å². The molecule has 1 aromatic rings. The van der Waals surface area contributed by atoms with Crippen molar-refractivity contribution in [2.45, 2.75) is 26.2 Å². The maximum Gasteiger partial charge on any atom is 0.251 e. The molecule has 0 spiro atoms. The van der Waals surface area contributed by atoms with E-state index in [1.54, 1.807) is 18.3 Å². The van der Waals surface area contributed by atoms with Crippen molar-refractivity contribution in [1.29, 1.82) is 0 Å². The Morgan fingerprint density at radius 1 is 1.59 bits per heavy atom. The minimum Gasteiger partial charge on any atom is -0.352 e. The van der Waals surface area contributed by atoms with Gasteiger partial charge in [-0.3, -0.25) is 4.79 Å². The third-order valence-corrected chi connectivity index (χ3v) is 3.76. The Labute approximate surface area is 107 Å². The van der Waals surface area contributed by atoms with Crippen LogP contribution in [0.15, 0.2) is 18.3 Å². The molecule has 2 atom stereocenters. The van der Waals surface area contributed by atoms with Gasteiger partial charge in [-0.15, -0.1) is 0 Å². The van der Waals surface area contributed by atoms with Crippen molar-refractivity contribution in [3.05, 3.63) is 29.0 Å². The van der Waals surface area contributed by atoms with E-state index < -0.39 is 0 Å². The third kappa shape index (κ3) is 3.19. The molecular weight excluding hydrogens is 236 g/mol. The zero-order valence-corrected chi connectivity index (χ0v) is 10.7. The van der Waals surface area contributed by atoms with Gasteiger partial charge in [0.1, 0.15) is 5.15 Å². The van der Waals surface area contributed by atoms with Gasteiger partial charge in [-0.05, 0) is 30.4 Å². The molecule has 1 saturated carbocycles. The molecule has 1 aliphatic rings. The summed E-state index contributed by atoms with van der Waals surface area (Å²) in [5.74, 6) is 1.28. The number of pyridine rings is 1. The highest BCUT2D eigenvalue weighted by Gasteiger charge is 2.23. The van der Waals surface area contributed by atoms with Gasteiger partial charge in [0, 0.05) is 18.3 Å². The van der Waals surface area contributed by atoms with Crippen molar-refractivity contribution in [2.24, 2.45) is 11.8 Å². The van der Waals surface area contributed by atoms with Crippen molar-refractivity contribution < 1.29 is 4.79 Å². The summed E-state index contributed by atoms with van der Waals surface area (Å²) in [6, 6.07) is 3.27. The van der Waals surface area contributed by atoms with Crippen LogP contribution in [0.2, 0.25) is 5.15 Å². The standard InChI is InChI=1S/C13H17ClN2O/c1-9-3-2-4-11(9)8-16-13(17)10-5-6-15-12(14)7-10/h5-7,9,11H,2-4,8H2,1H3,(H,16,17). The monoisotopic (exact) mass is 252 g/mol. The topological polar surface area (TPSA) is 42.0 Å². The lowest BCUT2D eigenvalue weighted by Crippen LogP contribution is -2.30. The van der Waals surface area contributed by atoms with Crippen LogP contribution in [-0.2, 0) is 0 Å². The van der Waals surface area contributed by atoms with Crippen molar-refractivity contribution in [2.75, 3.05) is 6.54 Å². The van der Waals surface area contributed by atoms with E-state index in [1.807, 2.05) is 0 Å². The maximum absolute atomic E-state index is 11.9. The van der Waals surface area contributed by atoms with Gasteiger partial charge in [-0.2, -0.15) is 0 Å². The molecule has 3 nitrogen and oxygen atoms in total. The molecule has 0 aromatic carbocycles. The van der Waals surface area contributed by atoms with Crippen LogP contribution in [0, 0.1) is 11.8 Å². The number of amides is 1. The van der Waals surface area contributed by atoms with Crippen molar-refractivity contribution in [1.82, 2.24) is 10.3 Å². The molecule has 0 bridgehead atoms. The second-order valence-electron chi connectivity index (χ2n) is 4.75. The smallest absolute Gasteiger partial charge is 0.251 e. The van der Waals surface area contributed by atoms with Gasteiger partial charge in [0.2, 0.25) is 0 Å². The van der Waals surface area contributed by atoms with Crippen LogP contribution < -0.4 is 5.32 Å². The zero-order chi connectivity index (χ0) is 12.3. The van der Waals surface area contributed by atoms with Crippen LogP contribution in [0.3, 0.4) is 0 Å². The number of halogens is 1. The number of hydrogen-bond donors (Lipinski definition) is 1. The number of nitrogens with one attached hydrogen (secondary N) is 1. The SMILES string of the molecule is CC1CCCC1CNC(=O)c1ccnc(Cl)c1. The summed E-state index contributed by atoms with van der Waals surface area (Å²) in [6.07, 6.45) is 5.33. The van der Waals surface area contributed by atoms with E-state index in [4.69, 9.17) is 11.6 Å². The fraction of sp³-hybridized carbons (Fsp3) is 0.538. The molecule has 2 rings (SSSR count). The molecule has 1 heterocycles. The van der Waals surface area contributed by atoms with Gasteiger partial charge in [-0.1, -0.05) is 31.4 Å². The Morgan fingerprint density at radius 3 is 3.06 bits per heavy atom. The quantitative estimate of drug-likeness (QED) is 0.841. The minimum absolute atomic E-state index is 0.0617. The summed E-state index contributed by atoms with van der Waals surface area (Å²) < 4.78 is 0. The number of carbonyl (C=O) groups excluding carboxylic acids is 1. The Balaban J connectivity index is 1.89. The number of nitrogens with zero attached hydrogens (tertiary/aromatic N) is 1. The van der Waals surface area contributed by atoms with Gasteiger partial charge >= 0.3 is 0 Å². The summed E-state index contributed by atoms with van der Waals surface area (Å²) in [7, 11) is 0. The summed E-state index contributed by atoms with van der Waals surface area (Å²) in [6.45, 7) is 3.02. The third-order valence-electron chi connectivity index (χ3n) is 3.55. The highest BCUT2D eigenvalue weighted by Crippen LogP contribution is 2.30. The first kappa shape index (κ1) is 12.4. The lowest BCUT2D eigenvalue weighted by molar-refractivity contribution is 0.0944. The summed E-state index contributed by atoms with van der Waals surface area (Å²) >= 11 is 5.75. The number of carbonyl (C=O) groups is 1. The summed E-state index contributed by atoms with van der Waals surface area (Å²) in [5.41, 5.74) is 0.579. The van der Waals surface area contributed by atoms with E-state index in [-0.39, 0.29) is 5.91 Å². The molecule has 1 aliphatic carbocycles. The maximum atomic E-state index is 11.9. The number of rotatable bonds is 3. The Kier molecular flexibility index (Phi) is 4.00. The predicted octanol–water partition coefficient (Wildman–Crippen LogP) is 2.90. The van der Waals surface area contributed by atoms with Crippen LogP contribution in [0.1, 0.15) is 36.5 Å². The van der Waals surface area contributed by atoms with E-state index in [2.05, 4.69) is 17.2 Å². The van der Waals surface area contributed by atoms with E-state index >= 15 is 0 Å². The van der Waals surface area contributed by atoms with Gasteiger partial charge in [-0.25, -0.2) is 4.98 Å². The van der Waals surface area contributed by atoms with E-state index in [0.717, 1.165) is 12.5 Å². The highest BCUT2D eigenvalue weighted by molar-refractivity contribution is 6.29. The molecule has 1 fully saturated rings. The van der Waals surface area contributed by atoms with Crippen molar-refractivity contribution in [3.8, 4) is 0 Å². The molecule has 1 amide bonds. The van der Waals surface area contributed by atoms with Crippen LogP contribution in [-0.4, -0.2) is 17.4 Å². The zero-order valence-electron chi connectivity index (χ0n) is 9.95. The van der Waals surface area contributed by atoms with Gasteiger partial charge in [0.25, 0.3) is 5.91 Å². The summed E-state index contributed by atoms with van der Waals surface area (Å²) in [4.78, 5) is 15.7. The summed E-state index contributed by atoms with van der Waals surface area (Å²) in [5, 5.41) is 3.33. The van der Waals surface area contributed by atoms with Gasteiger partial charge in [0.15, 0.2) is 0 Å². The Morgan fingerprint density at radius 2 is 2.41 bits per heavy atom. The van der Waals surface area contributed by atoms with Crippen LogP contribution in [0.4, 0.5) is 0 Å². The van der Waals surface area contributed by atoms with Crippen LogP contribution in [0.5, 0.6) is 0 Å². The van der Waals surface area contributed by atoms with Gasteiger partial charge in [0.05, 0.1) is 0 Å². The lowest BCUT2D eigenvalue weighted by Gasteiger charge is -2.15. The molecule has 92 valence electrons. The largest absolute Gasteiger partial charge is 0.352 e. The Bertz CT molecular complexity index is 408. The molecule has 0 radical (unpaired) electrons. The lowest BCUT2D eigenvalue weighted by atomic mass is 9.98. The predicted molar refractivity (Wildman–Crippen MR) is 68.1 cm³/mol. The normalized spacial score (nSPS) is 23.6. The molecule has 4 heteroatoms. The highest BCUT2D eigenvalue weighted by atomic mass is 35.5. The molecule has 1 N–H and O–H groups in total. The molecule has 0 aliphatic heterocycles. The first-order valence-electron chi connectivity index (χ1n) is 6.06. The first-order chi connectivity index (χ1) is 8.16. The first-order valence-corrected chi connectivity index (χ1v) is 6.44. The second-order valence-corrected chi connectivity index (χ2v) is 5.13. The molecule has 17 heavy (non-hydrogen) atoms. The van der Waals surface area contributed by atoms with E-state index in [9.17, 15) is 4.79 Å². The molecular formula is C13H17ClN2O. The average molecular weight is 253 g/mol. The fourth-order valence-electron chi connectivity index (χ4n) is 2.40. The Hall–Kier alpha value is -1.09. The fourth-order valence-corrected chi connectivity index (χ4v) is 2.57. The van der Waals surface area contributed by atoms with E-state index in [1.165, 1.54) is 19.3 Å². The van der Waals surface area contributed by atoms with E-state index in [0.29, 0.717) is 16.6 Å². The second kappa shape index (κ2) is 5.50. The number of aromatic nitrogens is 1. The molecule has 2 unspecified atom stereocenters. The van der Waals surface area contributed by atoms with Crippen LogP contribution in [0.25, 0.3) is 0 Å². The van der Waals surface area contributed by atoms with Crippen molar-refractivity contribution >= 4 is 17.5 Å². The van der Waals surface area contributed by atoms with Crippen molar-refractivity contribution in [3.63, 3.8) is 0 Å². The molecule has 1 aromatic heterocycles. The minimum atomic E-state index is -0.0617. The average Bonchev–Trinajstić information content (AvgIpc) is 2.72. The molecule has 0 saturated heterocycles.